The highest BCUT2D eigenvalue weighted by Crippen LogP contribution is 2.32. The maximum Gasteiger partial charge on any atom is 0.411 e. The lowest BCUT2D eigenvalue weighted by Gasteiger charge is -2.31. The van der Waals surface area contributed by atoms with Crippen LogP contribution >= 0.6 is 0 Å². The van der Waals surface area contributed by atoms with Crippen LogP contribution in [-0.2, 0) is 16.0 Å². The number of aliphatic hydroxyl groups is 1. The first-order chi connectivity index (χ1) is 30.0. The van der Waals surface area contributed by atoms with Crippen LogP contribution in [0.4, 0.5) is 21.9 Å². The number of aromatic amines is 1. The molecule has 7 rings (SSSR count). The Morgan fingerprint density at radius 3 is 2.35 bits per heavy atom. The number of likely N-dealkylation sites (tertiary alicyclic amines) is 1. The number of nitrogens with one attached hydrogen (secondary N) is 3. The summed E-state index contributed by atoms with van der Waals surface area (Å²) in [5, 5.41) is 27.7. The first-order valence-electron chi connectivity index (χ1n) is 21.1. The van der Waals surface area contributed by atoms with E-state index in [0.29, 0.717) is 84.4 Å². The molecule has 5 aromatic carbocycles. The molecule has 0 saturated carbocycles. The molecule has 2 heterocycles. The number of phenolic OH excluding ortho intramolecular Hbond substituents is 1. The number of pyridine rings is 1. The Hall–Kier alpha value is -6.76. The number of hydrogen-bond acceptors (Lipinski definition) is 8. The van der Waals surface area contributed by atoms with E-state index in [1.807, 2.05) is 84.9 Å². The third-order valence-corrected chi connectivity index (χ3v) is 11.6. The van der Waals surface area contributed by atoms with Gasteiger partial charge in [0.1, 0.15) is 11.9 Å². The van der Waals surface area contributed by atoms with Crippen molar-refractivity contribution in [1.29, 1.82) is 0 Å². The average molecular weight is 852 g/mol. The van der Waals surface area contributed by atoms with Crippen LogP contribution in [-0.4, -0.2) is 70.8 Å². The van der Waals surface area contributed by atoms with Crippen molar-refractivity contribution in [3.63, 3.8) is 0 Å². The molecule has 3 amide bonds. The maximum absolute atomic E-state index is 13.3. The first-order valence-corrected chi connectivity index (χ1v) is 21.1. The predicted molar refractivity (Wildman–Crippen MR) is 250 cm³/mol. The van der Waals surface area contributed by atoms with Gasteiger partial charge in [0.05, 0.1) is 17.3 Å². The molecule has 63 heavy (non-hydrogen) atoms. The summed E-state index contributed by atoms with van der Waals surface area (Å²) in [6, 6.07) is 38.4. The summed E-state index contributed by atoms with van der Waals surface area (Å²) in [5.41, 5.74) is 6.08. The van der Waals surface area contributed by atoms with E-state index in [1.165, 1.54) is 12.1 Å². The van der Waals surface area contributed by atoms with Crippen LogP contribution in [0.2, 0.25) is 0 Å². The van der Waals surface area contributed by atoms with Crippen LogP contribution in [0.3, 0.4) is 0 Å². The lowest BCUT2D eigenvalue weighted by atomic mass is 9.92. The summed E-state index contributed by atoms with van der Waals surface area (Å²) < 4.78 is 5.78. The molecule has 0 aliphatic carbocycles. The predicted octanol–water partition coefficient (Wildman–Crippen LogP) is 9.55. The molecule has 6 aromatic rings. The standard InChI is InChI=1S/C50H53N5O7.CH4/c1-33(15-22-44(56)41-20-23-45(57)48-42(41)21-24-46(58)53-48)31-34-16-18-37(19-17-34)51-49(60)36-11-8-12-38(32-36)54(2)47(59)27-30-55-28-25-39(26-29-55)62-50(61)52-43-14-7-6-13-40(43)35-9-4-3-5-10-35;/h3-14,16-21,23-24,32-33,39,44,56-57H,15,22,25-31H2,1-2H3,(H,51,60)(H,52,61)(H,53,58);1H4/t33-,44+;/m1./s1. The first kappa shape index (κ1) is 45.8. The smallest absolute Gasteiger partial charge is 0.411 e. The Bertz CT molecular complexity index is 2550. The molecule has 1 aromatic heterocycles. The number of H-pyrrole nitrogens is 1. The van der Waals surface area contributed by atoms with Gasteiger partial charge in [-0.05, 0) is 103 Å². The Kier molecular flexibility index (Phi) is 15.5. The highest BCUT2D eigenvalue weighted by molar-refractivity contribution is 6.05. The molecule has 12 heteroatoms. The Morgan fingerprint density at radius 2 is 1.59 bits per heavy atom. The SMILES string of the molecule is C.C[C@H](CC[C@H](O)c1ccc(O)c2[nH]c(=O)ccc12)Cc1ccc(NC(=O)c2cccc(N(C)C(=O)CCN3CCC(OC(=O)Nc4ccccc4-c4ccccc4)CC3)c2)cc1. The molecule has 0 bridgehead atoms. The number of nitrogens with zero attached hydrogens (tertiary/aromatic N) is 2. The number of carbonyl (C=O) groups is 3. The van der Waals surface area contributed by atoms with Crippen LogP contribution in [0.15, 0.2) is 132 Å². The number of benzene rings is 5. The van der Waals surface area contributed by atoms with E-state index in [4.69, 9.17) is 4.74 Å². The quantitative estimate of drug-likeness (QED) is 0.0682. The van der Waals surface area contributed by atoms with Crippen molar-refractivity contribution in [1.82, 2.24) is 9.88 Å². The summed E-state index contributed by atoms with van der Waals surface area (Å²) in [6.07, 6.45) is 2.26. The van der Waals surface area contributed by atoms with Gasteiger partial charge in [-0.2, -0.15) is 0 Å². The molecule has 1 fully saturated rings. The van der Waals surface area contributed by atoms with Crippen molar-refractivity contribution in [3.05, 3.63) is 154 Å². The maximum atomic E-state index is 13.3. The molecule has 1 aliphatic rings. The van der Waals surface area contributed by atoms with E-state index >= 15 is 0 Å². The van der Waals surface area contributed by atoms with Gasteiger partial charge in [0, 0.05) is 67.1 Å². The van der Waals surface area contributed by atoms with Gasteiger partial charge in [-0.15, -0.1) is 0 Å². The van der Waals surface area contributed by atoms with E-state index in [9.17, 15) is 29.4 Å². The largest absolute Gasteiger partial charge is 0.506 e. The number of carbonyl (C=O) groups excluding carboxylic acids is 3. The minimum atomic E-state index is -0.755. The summed E-state index contributed by atoms with van der Waals surface area (Å²) in [4.78, 5) is 57.6. The van der Waals surface area contributed by atoms with Gasteiger partial charge in [-0.1, -0.05) is 87.1 Å². The topological polar surface area (TPSA) is 164 Å². The highest BCUT2D eigenvalue weighted by atomic mass is 16.6. The van der Waals surface area contributed by atoms with Crippen molar-refractivity contribution in [3.8, 4) is 16.9 Å². The molecule has 1 saturated heterocycles. The monoisotopic (exact) mass is 851 g/mol. The number of hydrogen-bond donors (Lipinski definition) is 5. The van der Waals surface area contributed by atoms with Crippen molar-refractivity contribution in [2.45, 2.75) is 65.1 Å². The van der Waals surface area contributed by atoms with Gasteiger partial charge in [-0.25, -0.2) is 4.79 Å². The minimum Gasteiger partial charge on any atom is -0.506 e. The third kappa shape index (κ3) is 12.0. The minimum absolute atomic E-state index is 0. The number of ether oxygens (including phenoxy) is 1. The van der Waals surface area contributed by atoms with Crippen LogP contribution in [0, 0.1) is 5.92 Å². The summed E-state index contributed by atoms with van der Waals surface area (Å²) in [6.45, 7) is 4.12. The fourth-order valence-electron chi connectivity index (χ4n) is 8.00. The Balaban J connectivity index is 0.00000661. The molecule has 0 unspecified atom stereocenters. The zero-order valence-corrected chi connectivity index (χ0v) is 35.1. The normalized spacial score (nSPS) is 14.0. The number of rotatable bonds is 15. The molecular formula is C51H57N5O7. The van der Waals surface area contributed by atoms with Crippen LogP contribution < -0.4 is 21.1 Å². The lowest BCUT2D eigenvalue weighted by molar-refractivity contribution is -0.118. The Morgan fingerprint density at radius 1 is 0.857 bits per heavy atom. The number of aromatic hydroxyl groups is 1. The molecule has 1 aliphatic heterocycles. The fourth-order valence-corrected chi connectivity index (χ4v) is 8.00. The van der Waals surface area contributed by atoms with E-state index in [2.05, 4.69) is 27.4 Å². The number of para-hydroxylation sites is 1. The van der Waals surface area contributed by atoms with Crippen molar-refractivity contribution < 1.29 is 29.3 Å². The molecule has 12 nitrogen and oxygen atoms in total. The van der Waals surface area contributed by atoms with Crippen LogP contribution in [0.25, 0.3) is 22.0 Å². The van der Waals surface area contributed by atoms with Gasteiger partial charge < -0.3 is 35.1 Å². The number of aromatic nitrogens is 1. The second kappa shape index (κ2) is 21.4. The molecular weight excluding hydrogens is 795 g/mol. The van der Waals surface area contributed by atoms with E-state index in [-0.39, 0.29) is 42.6 Å². The zero-order chi connectivity index (χ0) is 43.6. The van der Waals surface area contributed by atoms with Gasteiger partial charge in [0.15, 0.2) is 0 Å². The van der Waals surface area contributed by atoms with Gasteiger partial charge in [-0.3, -0.25) is 19.7 Å². The van der Waals surface area contributed by atoms with Crippen molar-refractivity contribution in [2.75, 3.05) is 42.2 Å². The summed E-state index contributed by atoms with van der Waals surface area (Å²) in [5.74, 6) is -0.127. The van der Waals surface area contributed by atoms with Gasteiger partial charge in [0.25, 0.3) is 5.91 Å². The molecule has 328 valence electrons. The second-order valence-corrected chi connectivity index (χ2v) is 16.1. The molecule has 0 spiro atoms. The van der Waals surface area contributed by atoms with Crippen molar-refractivity contribution in [2.24, 2.45) is 5.92 Å². The van der Waals surface area contributed by atoms with Crippen molar-refractivity contribution >= 4 is 45.9 Å². The fraction of sp³-hybridized carbons (Fsp3) is 0.294. The number of amides is 3. The van der Waals surface area contributed by atoms with E-state index < -0.39 is 12.2 Å². The third-order valence-electron chi connectivity index (χ3n) is 11.6. The highest BCUT2D eigenvalue weighted by Gasteiger charge is 2.24. The lowest BCUT2D eigenvalue weighted by Crippen LogP contribution is -2.40. The number of phenols is 1. The van der Waals surface area contributed by atoms with Gasteiger partial charge in [0.2, 0.25) is 11.5 Å². The molecule has 2 atom stereocenters. The summed E-state index contributed by atoms with van der Waals surface area (Å²) in [7, 11) is 1.72. The van der Waals surface area contributed by atoms with E-state index in [1.54, 1.807) is 42.3 Å². The Labute approximate surface area is 368 Å². The van der Waals surface area contributed by atoms with Crippen LogP contribution in [0.5, 0.6) is 5.75 Å². The number of fused-ring (bicyclic) bond motifs is 1. The van der Waals surface area contributed by atoms with Gasteiger partial charge >= 0.3 is 6.09 Å². The summed E-state index contributed by atoms with van der Waals surface area (Å²) >= 11 is 0. The number of anilines is 3. The average Bonchev–Trinajstić information content (AvgIpc) is 3.29. The zero-order valence-electron chi connectivity index (χ0n) is 35.1. The molecule has 5 N–H and O–H groups in total. The number of aliphatic hydroxyl groups excluding tert-OH is 1. The molecule has 0 radical (unpaired) electrons. The van der Waals surface area contributed by atoms with E-state index in [0.717, 1.165) is 29.5 Å². The number of piperidine rings is 1. The second-order valence-electron chi connectivity index (χ2n) is 16.1. The van der Waals surface area contributed by atoms with Crippen LogP contribution in [0.1, 0.15) is 74.0 Å².